The Labute approximate surface area is 110 Å². The Morgan fingerprint density at radius 1 is 1.11 bits per heavy atom. The van der Waals surface area contributed by atoms with Crippen molar-refractivity contribution in [2.45, 2.75) is 24.1 Å². The average Bonchev–Trinajstić information content (AvgIpc) is 2.85. The van der Waals surface area contributed by atoms with E-state index < -0.39 is 10.8 Å². The van der Waals surface area contributed by atoms with Crippen LogP contribution in [0.5, 0.6) is 0 Å². The van der Waals surface area contributed by atoms with E-state index in [1.807, 2.05) is 49.4 Å². The van der Waals surface area contributed by atoms with Crippen LogP contribution in [0.15, 0.2) is 51.8 Å². The zero-order valence-electron chi connectivity index (χ0n) is 10.4. The average molecular weight is 263 g/mol. The molecule has 0 saturated heterocycles. The third-order valence-corrected chi connectivity index (χ3v) is 3.89. The zero-order valence-corrected chi connectivity index (χ0v) is 11.2. The Balaban J connectivity index is 1.97. The lowest BCUT2D eigenvalue weighted by atomic mass is 10.4. The maximum absolute atomic E-state index is 12.1. The predicted octanol–water partition coefficient (Wildman–Crippen LogP) is 2.70. The van der Waals surface area contributed by atoms with Crippen molar-refractivity contribution in [1.82, 2.24) is 5.32 Å². The highest BCUT2D eigenvalue weighted by Crippen LogP contribution is 2.14. The molecular formula is C14H17NO2S. The van der Waals surface area contributed by atoms with E-state index in [0.29, 0.717) is 12.3 Å². The highest BCUT2D eigenvalue weighted by atomic mass is 32.2. The van der Waals surface area contributed by atoms with Gasteiger partial charge in [0.2, 0.25) is 0 Å². The molecule has 1 heterocycles. The van der Waals surface area contributed by atoms with Crippen molar-refractivity contribution in [2.24, 2.45) is 0 Å². The van der Waals surface area contributed by atoms with E-state index in [1.54, 1.807) is 0 Å². The van der Waals surface area contributed by atoms with Gasteiger partial charge in [0, 0.05) is 4.90 Å². The summed E-state index contributed by atoms with van der Waals surface area (Å²) in [5, 5.41) is 3.19. The lowest BCUT2D eigenvalue weighted by Gasteiger charge is -2.00. The van der Waals surface area contributed by atoms with Crippen LogP contribution in [0.2, 0.25) is 0 Å². The molecule has 1 aromatic heterocycles. The first-order chi connectivity index (χ1) is 8.79. The van der Waals surface area contributed by atoms with Gasteiger partial charge in [0.1, 0.15) is 11.5 Å². The van der Waals surface area contributed by atoms with Crippen molar-refractivity contribution in [3.05, 3.63) is 54.0 Å². The Morgan fingerprint density at radius 2 is 1.83 bits per heavy atom. The van der Waals surface area contributed by atoms with Gasteiger partial charge in [-0.1, -0.05) is 25.1 Å². The fraction of sp³-hybridized carbons (Fsp3) is 0.286. The minimum atomic E-state index is -1.04. The van der Waals surface area contributed by atoms with Crippen LogP contribution in [0, 0.1) is 0 Å². The second-order valence-electron chi connectivity index (χ2n) is 3.95. The van der Waals surface area contributed by atoms with E-state index in [9.17, 15) is 4.21 Å². The molecule has 0 radical (unpaired) electrons. The minimum Gasteiger partial charge on any atom is -0.464 e. The van der Waals surface area contributed by atoms with Crippen molar-refractivity contribution < 1.29 is 8.63 Å². The van der Waals surface area contributed by atoms with Gasteiger partial charge in [0.05, 0.1) is 23.1 Å². The van der Waals surface area contributed by atoms with Crippen molar-refractivity contribution >= 4 is 10.8 Å². The van der Waals surface area contributed by atoms with Crippen LogP contribution in [0.3, 0.4) is 0 Å². The van der Waals surface area contributed by atoms with Crippen LogP contribution in [0.4, 0.5) is 0 Å². The highest BCUT2D eigenvalue weighted by molar-refractivity contribution is 7.84. The molecule has 0 fully saturated rings. The maximum atomic E-state index is 12.1. The molecule has 0 aliphatic heterocycles. The molecule has 0 spiro atoms. The predicted molar refractivity (Wildman–Crippen MR) is 72.6 cm³/mol. The van der Waals surface area contributed by atoms with Gasteiger partial charge in [-0.15, -0.1) is 0 Å². The van der Waals surface area contributed by atoms with E-state index in [1.165, 1.54) is 0 Å². The van der Waals surface area contributed by atoms with Crippen molar-refractivity contribution in [3.8, 4) is 0 Å². The summed E-state index contributed by atoms with van der Waals surface area (Å²) in [7, 11) is -1.04. The third-order valence-electron chi connectivity index (χ3n) is 2.55. The topological polar surface area (TPSA) is 42.2 Å². The molecule has 96 valence electrons. The second-order valence-corrected chi connectivity index (χ2v) is 5.40. The molecule has 4 heteroatoms. The van der Waals surface area contributed by atoms with Crippen LogP contribution >= 0.6 is 0 Å². The summed E-state index contributed by atoms with van der Waals surface area (Å²) >= 11 is 0. The number of furan rings is 1. The maximum Gasteiger partial charge on any atom is 0.118 e. The number of hydrogen-bond donors (Lipinski definition) is 1. The molecular weight excluding hydrogens is 246 g/mol. The number of nitrogens with one attached hydrogen (secondary N) is 1. The van der Waals surface area contributed by atoms with E-state index >= 15 is 0 Å². The fourth-order valence-electron chi connectivity index (χ4n) is 1.63. The molecule has 0 saturated carbocycles. The molecule has 2 aromatic rings. The molecule has 1 aromatic carbocycles. The smallest absolute Gasteiger partial charge is 0.118 e. The summed E-state index contributed by atoms with van der Waals surface area (Å²) in [4.78, 5) is 0.835. The molecule has 18 heavy (non-hydrogen) atoms. The highest BCUT2D eigenvalue weighted by Gasteiger charge is 2.08. The zero-order chi connectivity index (χ0) is 12.8. The number of benzene rings is 1. The first-order valence-corrected chi connectivity index (χ1v) is 7.33. The van der Waals surface area contributed by atoms with Crippen LogP contribution < -0.4 is 5.32 Å². The molecule has 3 nitrogen and oxygen atoms in total. The van der Waals surface area contributed by atoms with E-state index in [0.717, 1.165) is 23.0 Å². The Morgan fingerprint density at radius 3 is 2.56 bits per heavy atom. The molecule has 2 rings (SSSR count). The van der Waals surface area contributed by atoms with Gasteiger partial charge in [0.15, 0.2) is 0 Å². The standard InChI is InChI=1S/C14H17NO2S/c1-2-15-10-12-8-9-13(17-12)11-18(16)14-6-4-3-5-7-14/h3-9,15H,2,10-11H2,1H3. The van der Waals surface area contributed by atoms with E-state index in [4.69, 9.17) is 4.42 Å². The first kappa shape index (κ1) is 13.1. The van der Waals surface area contributed by atoms with Crippen molar-refractivity contribution in [3.63, 3.8) is 0 Å². The lowest BCUT2D eigenvalue weighted by Crippen LogP contribution is -2.10. The molecule has 1 unspecified atom stereocenters. The first-order valence-electron chi connectivity index (χ1n) is 6.01. The van der Waals surface area contributed by atoms with Gasteiger partial charge >= 0.3 is 0 Å². The Hall–Kier alpha value is -1.39. The Kier molecular flexibility index (Phi) is 4.73. The van der Waals surface area contributed by atoms with Gasteiger partial charge < -0.3 is 9.73 Å². The summed E-state index contributed by atoms with van der Waals surface area (Å²) in [5.74, 6) is 2.08. The summed E-state index contributed by atoms with van der Waals surface area (Å²) in [6.45, 7) is 3.68. The van der Waals surface area contributed by atoms with E-state index in [2.05, 4.69) is 5.32 Å². The van der Waals surface area contributed by atoms with Crippen LogP contribution in [-0.2, 0) is 23.1 Å². The summed E-state index contributed by atoms with van der Waals surface area (Å²) in [6, 6.07) is 13.3. The van der Waals surface area contributed by atoms with Crippen molar-refractivity contribution in [1.29, 1.82) is 0 Å². The Bertz CT molecular complexity index is 508. The monoisotopic (exact) mass is 263 g/mol. The SMILES string of the molecule is CCNCc1ccc(CS(=O)c2ccccc2)o1. The molecule has 1 N–H and O–H groups in total. The fourth-order valence-corrected chi connectivity index (χ4v) is 2.67. The van der Waals surface area contributed by atoms with Gasteiger partial charge in [0.25, 0.3) is 0 Å². The van der Waals surface area contributed by atoms with Gasteiger partial charge in [-0.05, 0) is 30.8 Å². The molecule has 0 aliphatic rings. The van der Waals surface area contributed by atoms with Crippen LogP contribution in [0.25, 0.3) is 0 Å². The summed E-state index contributed by atoms with van der Waals surface area (Å²) < 4.78 is 17.7. The summed E-state index contributed by atoms with van der Waals surface area (Å²) in [6.07, 6.45) is 0. The van der Waals surface area contributed by atoms with Gasteiger partial charge in [-0.2, -0.15) is 0 Å². The molecule has 0 amide bonds. The number of hydrogen-bond acceptors (Lipinski definition) is 3. The van der Waals surface area contributed by atoms with Crippen LogP contribution in [-0.4, -0.2) is 10.8 Å². The third kappa shape index (κ3) is 3.55. The summed E-state index contributed by atoms with van der Waals surface area (Å²) in [5.41, 5.74) is 0. The molecule has 0 bridgehead atoms. The lowest BCUT2D eigenvalue weighted by molar-refractivity contribution is 0.461. The largest absolute Gasteiger partial charge is 0.464 e. The molecule has 0 aliphatic carbocycles. The van der Waals surface area contributed by atoms with Crippen LogP contribution in [0.1, 0.15) is 18.4 Å². The minimum absolute atomic E-state index is 0.427. The van der Waals surface area contributed by atoms with Gasteiger partial charge in [-0.3, -0.25) is 4.21 Å². The number of rotatable bonds is 6. The second kappa shape index (κ2) is 6.52. The van der Waals surface area contributed by atoms with Crippen molar-refractivity contribution in [2.75, 3.05) is 6.54 Å². The van der Waals surface area contributed by atoms with Gasteiger partial charge in [-0.25, -0.2) is 0 Å². The quantitative estimate of drug-likeness (QED) is 0.871. The normalized spacial score (nSPS) is 12.5. The van der Waals surface area contributed by atoms with E-state index in [-0.39, 0.29) is 0 Å². The molecule has 1 atom stereocenters.